The van der Waals surface area contributed by atoms with Crippen LogP contribution >= 0.6 is 23.2 Å². The van der Waals surface area contributed by atoms with Gasteiger partial charge < -0.3 is 20.1 Å². The summed E-state index contributed by atoms with van der Waals surface area (Å²) in [5.41, 5.74) is 0.882. The van der Waals surface area contributed by atoms with E-state index in [-0.39, 0.29) is 25.2 Å². The van der Waals surface area contributed by atoms with Crippen LogP contribution in [0.25, 0.3) is 0 Å². The van der Waals surface area contributed by atoms with Gasteiger partial charge in [-0.2, -0.15) is 0 Å². The van der Waals surface area contributed by atoms with E-state index in [0.29, 0.717) is 27.2 Å². The van der Waals surface area contributed by atoms with Gasteiger partial charge in [-0.15, -0.1) is 0 Å². The van der Waals surface area contributed by atoms with Gasteiger partial charge in [0.05, 0.1) is 23.5 Å². The van der Waals surface area contributed by atoms with Gasteiger partial charge in [0.15, 0.2) is 6.61 Å². The van der Waals surface area contributed by atoms with Crippen LogP contribution in [0, 0.1) is 0 Å². The summed E-state index contributed by atoms with van der Waals surface area (Å²) in [5, 5.41) is 5.95. The van der Waals surface area contributed by atoms with Crippen molar-refractivity contribution in [2.75, 3.05) is 24.4 Å². The van der Waals surface area contributed by atoms with Crippen molar-refractivity contribution in [3.05, 3.63) is 52.5 Å². The number of amides is 2. The van der Waals surface area contributed by atoms with Gasteiger partial charge in [0, 0.05) is 17.9 Å². The molecule has 0 spiro atoms. The van der Waals surface area contributed by atoms with Gasteiger partial charge in [0.2, 0.25) is 5.91 Å². The third kappa shape index (κ3) is 7.63. The quantitative estimate of drug-likeness (QED) is 0.569. The predicted molar refractivity (Wildman–Crippen MR) is 112 cm³/mol. The highest BCUT2D eigenvalue weighted by molar-refractivity contribution is 6.35. The van der Waals surface area contributed by atoms with Gasteiger partial charge in [0.25, 0.3) is 5.91 Å². The summed E-state index contributed by atoms with van der Waals surface area (Å²) in [6.45, 7) is -0.463. The van der Waals surface area contributed by atoms with E-state index < -0.39 is 18.5 Å². The van der Waals surface area contributed by atoms with Crippen LogP contribution in [0.5, 0.6) is 5.75 Å². The summed E-state index contributed by atoms with van der Waals surface area (Å²) in [6, 6.07) is 11.6. The number of rotatable bonds is 9. The molecular weight excluding hydrogens is 419 g/mol. The number of ether oxygens (including phenoxy) is 2. The number of anilines is 2. The molecule has 2 aromatic rings. The minimum absolute atomic E-state index is 0.00451. The lowest BCUT2D eigenvalue weighted by Crippen LogP contribution is -2.21. The van der Waals surface area contributed by atoms with Crippen LogP contribution in [-0.4, -0.2) is 31.5 Å². The van der Waals surface area contributed by atoms with E-state index >= 15 is 0 Å². The topological polar surface area (TPSA) is 93.7 Å². The molecule has 154 valence electrons. The fourth-order valence-corrected chi connectivity index (χ4v) is 2.69. The molecule has 0 saturated heterocycles. The number of carbonyl (C=O) groups excluding carboxylic acids is 3. The van der Waals surface area contributed by atoms with Gasteiger partial charge in [-0.05, 0) is 36.8 Å². The maximum absolute atomic E-state index is 12.0. The van der Waals surface area contributed by atoms with E-state index in [1.807, 2.05) is 0 Å². The van der Waals surface area contributed by atoms with Crippen LogP contribution in [-0.2, 0) is 19.1 Å². The Morgan fingerprint density at radius 3 is 2.41 bits per heavy atom. The van der Waals surface area contributed by atoms with E-state index in [2.05, 4.69) is 10.6 Å². The second kappa shape index (κ2) is 11.3. The van der Waals surface area contributed by atoms with Crippen molar-refractivity contribution in [3.8, 4) is 5.75 Å². The molecule has 0 aliphatic carbocycles. The molecule has 0 aliphatic heterocycles. The zero-order valence-corrected chi connectivity index (χ0v) is 17.2. The van der Waals surface area contributed by atoms with Crippen LogP contribution in [0.4, 0.5) is 11.4 Å². The molecule has 9 heteroatoms. The first-order valence-electron chi connectivity index (χ1n) is 8.72. The van der Waals surface area contributed by atoms with Crippen molar-refractivity contribution in [1.82, 2.24) is 0 Å². The number of halogens is 2. The van der Waals surface area contributed by atoms with E-state index in [4.69, 9.17) is 32.7 Å². The number of carbonyl (C=O) groups is 3. The Labute approximate surface area is 178 Å². The molecule has 2 N–H and O–H groups in total. The van der Waals surface area contributed by atoms with Crippen molar-refractivity contribution in [3.63, 3.8) is 0 Å². The predicted octanol–water partition coefficient (Wildman–Crippen LogP) is 4.29. The average molecular weight is 439 g/mol. The average Bonchev–Trinajstić information content (AvgIpc) is 2.69. The number of methoxy groups -OCH3 is 1. The Kier molecular flexibility index (Phi) is 8.76. The maximum atomic E-state index is 12.0. The zero-order valence-electron chi connectivity index (χ0n) is 15.7. The smallest absolute Gasteiger partial charge is 0.306 e. The van der Waals surface area contributed by atoms with E-state index in [0.717, 1.165) is 0 Å². The van der Waals surface area contributed by atoms with Crippen LogP contribution in [0.15, 0.2) is 42.5 Å². The summed E-state index contributed by atoms with van der Waals surface area (Å²) >= 11 is 11.8. The Bertz CT molecular complexity index is 889. The minimum Gasteiger partial charge on any atom is -0.495 e. The fraction of sp³-hybridized carbons (Fsp3) is 0.250. The second-order valence-electron chi connectivity index (χ2n) is 5.94. The molecule has 0 radical (unpaired) electrons. The molecule has 0 unspecified atom stereocenters. The van der Waals surface area contributed by atoms with E-state index in [9.17, 15) is 14.4 Å². The molecule has 2 rings (SSSR count). The standard InChI is InChI=1S/C20H20Cl2N2O5/c1-28-17-6-3-2-5-15(17)23-18(25)7-4-8-20(27)29-12-19(26)24-16-11-13(21)9-10-14(16)22/h2-3,5-6,9-11H,4,7-8,12H2,1H3,(H,23,25)(H,24,26). The highest BCUT2D eigenvalue weighted by Gasteiger charge is 2.12. The van der Waals surface area contributed by atoms with E-state index in [1.165, 1.54) is 13.2 Å². The Morgan fingerprint density at radius 1 is 0.931 bits per heavy atom. The fourth-order valence-electron chi connectivity index (χ4n) is 2.35. The minimum atomic E-state index is -0.581. The number of benzene rings is 2. The summed E-state index contributed by atoms with van der Waals surface area (Å²) < 4.78 is 10.1. The summed E-state index contributed by atoms with van der Waals surface area (Å²) in [4.78, 5) is 35.6. The van der Waals surface area contributed by atoms with Gasteiger partial charge in [-0.3, -0.25) is 14.4 Å². The molecule has 2 amide bonds. The Morgan fingerprint density at radius 2 is 1.66 bits per heavy atom. The highest BCUT2D eigenvalue weighted by atomic mass is 35.5. The van der Waals surface area contributed by atoms with Crippen LogP contribution in [0.1, 0.15) is 19.3 Å². The summed E-state index contributed by atoms with van der Waals surface area (Å²) in [6.07, 6.45) is 0.406. The molecule has 7 nitrogen and oxygen atoms in total. The molecule has 0 atom stereocenters. The SMILES string of the molecule is COc1ccccc1NC(=O)CCCC(=O)OCC(=O)Nc1cc(Cl)ccc1Cl. The first-order valence-corrected chi connectivity index (χ1v) is 9.48. The molecule has 29 heavy (non-hydrogen) atoms. The van der Waals surface area contributed by atoms with Crippen molar-refractivity contribution in [1.29, 1.82) is 0 Å². The molecule has 0 aliphatic rings. The van der Waals surface area contributed by atoms with Crippen molar-refractivity contribution >= 4 is 52.4 Å². The van der Waals surface area contributed by atoms with Crippen LogP contribution in [0.2, 0.25) is 10.0 Å². The van der Waals surface area contributed by atoms with Crippen LogP contribution in [0.3, 0.4) is 0 Å². The highest BCUT2D eigenvalue weighted by Crippen LogP contribution is 2.25. The molecule has 0 aromatic heterocycles. The molecular formula is C20H20Cl2N2O5. The summed E-state index contributed by atoms with van der Waals surface area (Å²) in [7, 11) is 1.51. The lowest BCUT2D eigenvalue weighted by Gasteiger charge is -2.10. The number of hydrogen-bond acceptors (Lipinski definition) is 5. The third-order valence-corrected chi connectivity index (χ3v) is 4.30. The molecule has 0 saturated carbocycles. The van der Waals surface area contributed by atoms with Crippen molar-refractivity contribution < 1.29 is 23.9 Å². The van der Waals surface area contributed by atoms with Gasteiger partial charge in [0.1, 0.15) is 5.75 Å². The largest absolute Gasteiger partial charge is 0.495 e. The first kappa shape index (κ1) is 22.5. The monoisotopic (exact) mass is 438 g/mol. The zero-order chi connectivity index (χ0) is 21.2. The number of hydrogen-bond donors (Lipinski definition) is 2. The molecule has 0 heterocycles. The lowest BCUT2D eigenvalue weighted by atomic mass is 10.2. The molecule has 2 aromatic carbocycles. The van der Waals surface area contributed by atoms with Crippen molar-refractivity contribution in [2.45, 2.75) is 19.3 Å². The Hall–Kier alpha value is -2.77. The number of para-hydroxylation sites is 2. The maximum Gasteiger partial charge on any atom is 0.306 e. The Balaban J connectivity index is 1.68. The van der Waals surface area contributed by atoms with E-state index in [1.54, 1.807) is 36.4 Å². The molecule has 0 bridgehead atoms. The van der Waals surface area contributed by atoms with Crippen LogP contribution < -0.4 is 15.4 Å². The first-order chi connectivity index (χ1) is 13.9. The number of esters is 1. The van der Waals surface area contributed by atoms with Crippen molar-refractivity contribution in [2.24, 2.45) is 0 Å². The van der Waals surface area contributed by atoms with Gasteiger partial charge in [-0.25, -0.2) is 0 Å². The lowest BCUT2D eigenvalue weighted by molar-refractivity contribution is -0.147. The third-order valence-electron chi connectivity index (χ3n) is 3.73. The summed E-state index contributed by atoms with van der Waals surface area (Å²) in [5.74, 6) is -0.833. The number of nitrogens with one attached hydrogen (secondary N) is 2. The van der Waals surface area contributed by atoms with Gasteiger partial charge in [-0.1, -0.05) is 35.3 Å². The normalized spacial score (nSPS) is 10.2. The molecule has 0 fully saturated rings. The second-order valence-corrected chi connectivity index (χ2v) is 6.78. The van der Waals surface area contributed by atoms with Gasteiger partial charge >= 0.3 is 5.97 Å².